The SMILES string of the molecule is O=C(COc1ccccc1C(F)(F)F)Nc1ccc(N2CCOCC2)c(Cl)c1. The first kappa shape index (κ1) is 20.3. The lowest BCUT2D eigenvalue weighted by molar-refractivity contribution is -0.139. The average Bonchev–Trinajstić information content (AvgIpc) is 2.67. The number of hydrogen-bond acceptors (Lipinski definition) is 4. The quantitative estimate of drug-likeness (QED) is 0.796. The Kier molecular flexibility index (Phi) is 6.31. The number of hydrogen-bond donors (Lipinski definition) is 1. The predicted octanol–water partition coefficient (Wildman–Crippen LogP) is 4.21. The van der Waals surface area contributed by atoms with Crippen LogP contribution in [-0.2, 0) is 15.7 Å². The highest BCUT2D eigenvalue weighted by Crippen LogP contribution is 2.36. The Morgan fingerprint density at radius 2 is 1.89 bits per heavy atom. The van der Waals surface area contributed by atoms with Crippen LogP contribution in [0.15, 0.2) is 42.5 Å². The molecule has 0 aromatic heterocycles. The number of carbonyl (C=O) groups is 1. The molecule has 0 atom stereocenters. The predicted molar refractivity (Wildman–Crippen MR) is 100 cm³/mol. The van der Waals surface area contributed by atoms with Gasteiger partial charge in [-0.05, 0) is 30.3 Å². The summed E-state index contributed by atoms with van der Waals surface area (Å²) < 4.78 is 49.2. The monoisotopic (exact) mass is 414 g/mol. The van der Waals surface area contributed by atoms with E-state index in [0.29, 0.717) is 23.9 Å². The van der Waals surface area contributed by atoms with Crippen LogP contribution >= 0.6 is 11.6 Å². The first-order valence-corrected chi connectivity index (χ1v) is 8.93. The molecule has 1 saturated heterocycles. The van der Waals surface area contributed by atoms with Crippen molar-refractivity contribution < 1.29 is 27.4 Å². The Balaban J connectivity index is 1.60. The van der Waals surface area contributed by atoms with Gasteiger partial charge in [-0.2, -0.15) is 13.2 Å². The van der Waals surface area contributed by atoms with Crippen molar-refractivity contribution in [3.8, 4) is 5.75 Å². The number of ether oxygens (including phenoxy) is 2. The zero-order valence-electron chi connectivity index (χ0n) is 14.8. The third kappa shape index (κ3) is 5.08. The number of nitrogens with zero attached hydrogens (tertiary/aromatic N) is 1. The molecule has 0 radical (unpaired) electrons. The second-order valence-electron chi connectivity index (χ2n) is 6.10. The lowest BCUT2D eigenvalue weighted by Gasteiger charge is -2.29. The van der Waals surface area contributed by atoms with E-state index in [9.17, 15) is 18.0 Å². The van der Waals surface area contributed by atoms with Gasteiger partial charge in [-0.3, -0.25) is 4.79 Å². The highest BCUT2D eigenvalue weighted by atomic mass is 35.5. The van der Waals surface area contributed by atoms with Gasteiger partial charge in [0.1, 0.15) is 5.75 Å². The minimum Gasteiger partial charge on any atom is -0.483 e. The van der Waals surface area contributed by atoms with Crippen molar-refractivity contribution in [2.24, 2.45) is 0 Å². The summed E-state index contributed by atoms with van der Waals surface area (Å²) in [4.78, 5) is 14.1. The molecule has 1 heterocycles. The highest BCUT2D eigenvalue weighted by molar-refractivity contribution is 6.33. The van der Waals surface area contributed by atoms with E-state index in [4.69, 9.17) is 21.1 Å². The summed E-state index contributed by atoms with van der Waals surface area (Å²) in [5.41, 5.74) is 0.332. The minimum atomic E-state index is -4.56. The van der Waals surface area contributed by atoms with Crippen LogP contribution in [-0.4, -0.2) is 38.8 Å². The summed E-state index contributed by atoms with van der Waals surface area (Å²) in [6, 6.07) is 9.79. The van der Waals surface area contributed by atoms with Crippen LogP contribution in [0.2, 0.25) is 5.02 Å². The molecule has 1 amide bonds. The molecular formula is C19H18ClF3N2O3. The van der Waals surface area contributed by atoms with Gasteiger partial charge in [0, 0.05) is 18.8 Å². The Morgan fingerprint density at radius 3 is 2.57 bits per heavy atom. The van der Waals surface area contributed by atoms with Crippen molar-refractivity contribution in [2.45, 2.75) is 6.18 Å². The number of carbonyl (C=O) groups excluding carboxylic acids is 1. The summed E-state index contributed by atoms with van der Waals surface area (Å²) in [6.07, 6.45) is -4.56. The zero-order valence-corrected chi connectivity index (χ0v) is 15.5. The molecule has 0 bridgehead atoms. The van der Waals surface area contributed by atoms with Gasteiger partial charge in [0.05, 0.1) is 29.5 Å². The maximum atomic E-state index is 12.9. The number of benzene rings is 2. The molecule has 2 aromatic carbocycles. The first-order valence-electron chi connectivity index (χ1n) is 8.56. The van der Waals surface area contributed by atoms with Gasteiger partial charge in [-0.15, -0.1) is 0 Å². The van der Waals surface area contributed by atoms with Gasteiger partial charge in [0.15, 0.2) is 6.61 Å². The molecule has 150 valence electrons. The maximum absolute atomic E-state index is 12.9. The van der Waals surface area contributed by atoms with Crippen molar-refractivity contribution in [2.75, 3.05) is 43.1 Å². The average molecular weight is 415 g/mol. The lowest BCUT2D eigenvalue weighted by Crippen LogP contribution is -2.36. The van der Waals surface area contributed by atoms with Crippen LogP contribution in [0.4, 0.5) is 24.5 Å². The second-order valence-corrected chi connectivity index (χ2v) is 6.50. The van der Waals surface area contributed by atoms with Crippen molar-refractivity contribution in [3.05, 3.63) is 53.1 Å². The highest BCUT2D eigenvalue weighted by Gasteiger charge is 2.34. The fourth-order valence-corrected chi connectivity index (χ4v) is 3.11. The molecule has 1 aliphatic heterocycles. The Labute approximate surface area is 165 Å². The van der Waals surface area contributed by atoms with Gasteiger partial charge in [-0.1, -0.05) is 23.7 Å². The Bertz CT molecular complexity index is 839. The van der Waals surface area contributed by atoms with E-state index in [1.807, 2.05) is 0 Å². The molecule has 0 aliphatic carbocycles. The van der Waals surface area contributed by atoms with E-state index in [2.05, 4.69) is 10.2 Å². The van der Waals surface area contributed by atoms with Crippen molar-refractivity contribution in [1.29, 1.82) is 0 Å². The molecule has 0 saturated carbocycles. The molecule has 5 nitrogen and oxygen atoms in total. The van der Waals surface area contributed by atoms with E-state index in [1.165, 1.54) is 18.2 Å². The molecule has 0 spiro atoms. The van der Waals surface area contributed by atoms with E-state index >= 15 is 0 Å². The van der Waals surface area contributed by atoms with E-state index in [1.54, 1.807) is 18.2 Å². The Morgan fingerprint density at radius 1 is 1.18 bits per heavy atom. The van der Waals surface area contributed by atoms with Gasteiger partial charge in [0.25, 0.3) is 5.91 Å². The summed E-state index contributed by atoms with van der Waals surface area (Å²) in [6.45, 7) is 2.11. The molecule has 1 N–H and O–H groups in total. The number of nitrogens with one attached hydrogen (secondary N) is 1. The van der Waals surface area contributed by atoms with Crippen LogP contribution in [0.1, 0.15) is 5.56 Å². The fourth-order valence-electron chi connectivity index (χ4n) is 2.81. The lowest BCUT2D eigenvalue weighted by atomic mass is 10.2. The third-order valence-electron chi connectivity index (χ3n) is 4.13. The number of halogens is 4. The van der Waals surface area contributed by atoms with Crippen molar-refractivity contribution in [3.63, 3.8) is 0 Å². The molecular weight excluding hydrogens is 397 g/mol. The molecule has 28 heavy (non-hydrogen) atoms. The minimum absolute atomic E-state index is 0.397. The number of alkyl halides is 3. The summed E-state index contributed by atoms with van der Waals surface area (Å²) in [5, 5.41) is 3.03. The standard InChI is InChI=1S/C19H18ClF3N2O3/c20-15-11-13(5-6-16(15)25-7-9-27-10-8-25)24-18(26)12-28-17-4-2-1-3-14(17)19(21,22)23/h1-6,11H,7-10,12H2,(H,24,26). The summed E-state index contributed by atoms with van der Waals surface area (Å²) in [5.74, 6) is -0.988. The van der Waals surface area contributed by atoms with E-state index in [0.717, 1.165) is 24.8 Å². The number of morpholine rings is 1. The number of para-hydroxylation sites is 1. The van der Waals surface area contributed by atoms with E-state index in [-0.39, 0.29) is 0 Å². The van der Waals surface area contributed by atoms with Crippen molar-refractivity contribution in [1.82, 2.24) is 0 Å². The van der Waals surface area contributed by atoms with Gasteiger partial charge in [-0.25, -0.2) is 0 Å². The molecule has 1 fully saturated rings. The number of amides is 1. The van der Waals surface area contributed by atoms with Gasteiger partial charge < -0.3 is 19.7 Å². The van der Waals surface area contributed by atoms with Crippen LogP contribution in [0.5, 0.6) is 5.75 Å². The molecule has 0 unspecified atom stereocenters. The van der Waals surface area contributed by atoms with Crippen LogP contribution < -0.4 is 15.0 Å². The third-order valence-corrected chi connectivity index (χ3v) is 4.44. The largest absolute Gasteiger partial charge is 0.483 e. The van der Waals surface area contributed by atoms with Crippen LogP contribution in [0.3, 0.4) is 0 Å². The normalized spacial score (nSPS) is 14.6. The zero-order chi connectivity index (χ0) is 20.1. The maximum Gasteiger partial charge on any atom is 0.419 e. The van der Waals surface area contributed by atoms with Crippen LogP contribution in [0, 0.1) is 0 Å². The van der Waals surface area contributed by atoms with Gasteiger partial charge in [0.2, 0.25) is 0 Å². The smallest absolute Gasteiger partial charge is 0.419 e. The first-order chi connectivity index (χ1) is 13.3. The van der Waals surface area contributed by atoms with Gasteiger partial charge >= 0.3 is 6.18 Å². The Hall–Kier alpha value is -2.45. The van der Waals surface area contributed by atoms with E-state index < -0.39 is 30.0 Å². The number of rotatable bonds is 5. The number of anilines is 2. The fraction of sp³-hybridized carbons (Fsp3) is 0.316. The topological polar surface area (TPSA) is 50.8 Å². The molecule has 2 aromatic rings. The molecule has 9 heteroatoms. The summed E-state index contributed by atoms with van der Waals surface area (Å²) in [7, 11) is 0. The van der Waals surface area contributed by atoms with Crippen LogP contribution in [0.25, 0.3) is 0 Å². The molecule has 1 aliphatic rings. The van der Waals surface area contributed by atoms with Crippen molar-refractivity contribution >= 4 is 28.9 Å². The molecule has 3 rings (SSSR count). The summed E-state index contributed by atoms with van der Waals surface area (Å²) >= 11 is 6.30. The second kappa shape index (κ2) is 8.70.